The van der Waals surface area contributed by atoms with Gasteiger partial charge in [-0.1, -0.05) is 12.1 Å². The molecule has 17 heavy (non-hydrogen) atoms. The van der Waals surface area contributed by atoms with E-state index >= 15 is 0 Å². The van der Waals surface area contributed by atoms with Crippen molar-refractivity contribution in [1.82, 2.24) is 14.5 Å². The Balaban J connectivity index is 2.35. The highest BCUT2D eigenvalue weighted by Gasteiger charge is 2.09. The first-order chi connectivity index (χ1) is 8.27. The molecule has 0 amide bonds. The molecule has 3 rings (SSSR count). The summed E-state index contributed by atoms with van der Waals surface area (Å²) in [6.45, 7) is 0. The Labute approximate surface area is 98.7 Å². The number of rotatable bonds is 1. The summed E-state index contributed by atoms with van der Waals surface area (Å²) in [4.78, 5) is 8.53. The lowest BCUT2D eigenvalue weighted by Gasteiger charge is -2.05. The summed E-state index contributed by atoms with van der Waals surface area (Å²) in [6.07, 6.45) is 3.50. The van der Waals surface area contributed by atoms with E-state index in [4.69, 9.17) is 5.73 Å². The molecule has 1 aromatic carbocycles. The number of hydrogen-bond donors (Lipinski definition) is 1. The van der Waals surface area contributed by atoms with E-state index in [1.807, 2.05) is 41.9 Å². The van der Waals surface area contributed by atoms with Gasteiger partial charge in [0.2, 0.25) is 0 Å². The van der Waals surface area contributed by atoms with Crippen molar-refractivity contribution in [3.8, 4) is 11.1 Å². The minimum Gasteiger partial charge on any atom is -0.383 e. The van der Waals surface area contributed by atoms with Crippen molar-refractivity contribution in [1.29, 1.82) is 0 Å². The van der Waals surface area contributed by atoms with E-state index in [1.54, 1.807) is 12.5 Å². The van der Waals surface area contributed by atoms with Crippen molar-refractivity contribution in [2.45, 2.75) is 0 Å². The van der Waals surface area contributed by atoms with Crippen molar-refractivity contribution in [3.63, 3.8) is 0 Å². The molecule has 2 heterocycles. The Morgan fingerprint density at radius 1 is 1.06 bits per heavy atom. The molecule has 0 bridgehead atoms. The zero-order valence-corrected chi connectivity index (χ0v) is 9.46. The van der Waals surface area contributed by atoms with Gasteiger partial charge in [0, 0.05) is 24.4 Å². The fraction of sp³-hybridized carbons (Fsp3) is 0.0769. The van der Waals surface area contributed by atoms with Crippen LogP contribution in [0.3, 0.4) is 0 Å². The van der Waals surface area contributed by atoms with E-state index in [9.17, 15) is 0 Å². The Kier molecular flexibility index (Phi) is 2.08. The second kappa shape index (κ2) is 3.59. The minimum atomic E-state index is 0.533. The van der Waals surface area contributed by atoms with Gasteiger partial charge in [-0.15, -0.1) is 0 Å². The molecule has 4 heteroatoms. The summed E-state index contributed by atoms with van der Waals surface area (Å²) in [6, 6.07) is 9.91. The van der Waals surface area contributed by atoms with E-state index in [0.29, 0.717) is 5.82 Å². The fourth-order valence-corrected chi connectivity index (χ4v) is 2.02. The first-order valence-electron chi connectivity index (χ1n) is 5.38. The van der Waals surface area contributed by atoms with Crippen LogP contribution in [0.5, 0.6) is 0 Å². The molecule has 84 valence electrons. The number of fused-ring (bicyclic) bond motifs is 1. The Hall–Kier alpha value is -2.36. The second-order valence-corrected chi connectivity index (χ2v) is 3.96. The maximum Gasteiger partial charge on any atom is 0.131 e. The number of nitrogens with two attached hydrogens (primary N) is 1. The molecule has 0 fully saturated rings. The summed E-state index contributed by atoms with van der Waals surface area (Å²) in [5.74, 6) is 0.533. The number of anilines is 1. The van der Waals surface area contributed by atoms with Crippen molar-refractivity contribution < 1.29 is 0 Å². The van der Waals surface area contributed by atoms with Crippen LogP contribution >= 0.6 is 0 Å². The number of aromatic nitrogens is 3. The topological polar surface area (TPSA) is 56.7 Å². The monoisotopic (exact) mass is 224 g/mol. The number of para-hydroxylation sites is 1. The lowest BCUT2D eigenvalue weighted by Crippen LogP contribution is -1.93. The van der Waals surface area contributed by atoms with Crippen molar-refractivity contribution in [2.24, 2.45) is 7.05 Å². The normalized spacial score (nSPS) is 10.9. The second-order valence-electron chi connectivity index (χ2n) is 3.96. The smallest absolute Gasteiger partial charge is 0.131 e. The van der Waals surface area contributed by atoms with Crippen LogP contribution in [0.15, 0.2) is 42.9 Å². The van der Waals surface area contributed by atoms with Gasteiger partial charge >= 0.3 is 0 Å². The zero-order chi connectivity index (χ0) is 11.8. The Bertz CT molecular complexity index is 685. The van der Waals surface area contributed by atoms with E-state index in [0.717, 1.165) is 22.2 Å². The zero-order valence-electron chi connectivity index (χ0n) is 9.46. The number of nitrogens with zero attached hydrogens (tertiary/aromatic N) is 3. The van der Waals surface area contributed by atoms with Crippen LogP contribution in [0.1, 0.15) is 0 Å². The summed E-state index contributed by atoms with van der Waals surface area (Å²) < 4.78 is 1.99. The van der Waals surface area contributed by atoms with Gasteiger partial charge in [0.05, 0.1) is 17.4 Å². The quantitative estimate of drug-likeness (QED) is 0.689. The number of benzene rings is 1. The van der Waals surface area contributed by atoms with Gasteiger partial charge in [-0.3, -0.25) is 0 Å². The van der Waals surface area contributed by atoms with Gasteiger partial charge < -0.3 is 10.3 Å². The third kappa shape index (κ3) is 1.45. The fourth-order valence-electron chi connectivity index (χ4n) is 2.02. The molecular weight excluding hydrogens is 212 g/mol. The molecule has 0 radical (unpaired) electrons. The van der Waals surface area contributed by atoms with Crippen LogP contribution in [0, 0.1) is 0 Å². The van der Waals surface area contributed by atoms with Gasteiger partial charge in [0.15, 0.2) is 0 Å². The van der Waals surface area contributed by atoms with E-state index in [-0.39, 0.29) is 0 Å². The van der Waals surface area contributed by atoms with E-state index < -0.39 is 0 Å². The summed E-state index contributed by atoms with van der Waals surface area (Å²) in [5.41, 5.74) is 9.90. The molecule has 0 aliphatic carbocycles. The lowest BCUT2D eigenvalue weighted by atomic mass is 10.1. The number of hydrogen-bond acceptors (Lipinski definition) is 3. The van der Waals surface area contributed by atoms with Gasteiger partial charge in [-0.2, -0.15) is 0 Å². The number of imidazole rings is 1. The summed E-state index contributed by atoms with van der Waals surface area (Å²) in [5, 5.41) is 0. The molecular formula is C13H12N4. The maximum absolute atomic E-state index is 5.90. The predicted molar refractivity (Wildman–Crippen MR) is 68.4 cm³/mol. The maximum atomic E-state index is 5.90. The minimum absolute atomic E-state index is 0.533. The highest BCUT2D eigenvalue weighted by Crippen LogP contribution is 2.29. The van der Waals surface area contributed by atoms with Crippen LogP contribution < -0.4 is 5.73 Å². The highest BCUT2D eigenvalue weighted by molar-refractivity contribution is 5.94. The molecule has 3 aromatic rings. The van der Waals surface area contributed by atoms with Gasteiger partial charge in [0.25, 0.3) is 0 Å². The molecule has 0 saturated carbocycles. The SMILES string of the molecule is Cn1cnc2c(-c3cccnc3N)cccc21. The number of pyridine rings is 1. The van der Waals surface area contributed by atoms with Gasteiger partial charge in [-0.25, -0.2) is 9.97 Å². The third-order valence-electron chi connectivity index (χ3n) is 2.88. The van der Waals surface area contributed by atoms with Crippen molar-refractivity contribution in [2.75, 3.05) is 5.73 Å². The molecule has 0 aliphatic heterocycles. The largest absolute Gasteiger partial charge is 0.383 e. The Morgan fingerprint density at radius 3 is 2.71 bits per heavy atom. The van der Waals surface area contributed by atoms with Crippen LogP contribution in [0.25, 0.3) is 22.2 Å². The average molecular weight is 224 g/mol. The van der Waals surface area contributed by atoms with Gasteiger partial charge in [-0.05, 0) is 18.2 Å². The molecule has 2 N–H and O–H groups in total. The molecule has 0 saturated heterocycles. The first kappa shape index (κ1) is 9.84. The molecule has 2 aromatic heterocycles. The van der Waals surface area contributed by atoms with Gasteiger partial charge in [0.1, 0.15) is 5.82 Å². The van der Waals surface area contributed by atoms with Crippen molar-refractivity contribution >= 4 is 16.9 Å². The average Bonchev–Trinajstić information content (AvgIpc) is 2.72. The van der Waals surface area contributed by atoms with Crippen LogP contribution in [-0.4, -0.2) is 14.5 Å². The van der Waals surface area contributed by atoms with Crippen LogP contribution in [0.2, 0.25) is 0 Å². The molecule has 0 unspecified atom stereocenters. The molecule has 0 aliphatic rings. The molecule has 4 nitrogen and oxygen atoms in total. The lowest BCUT2D eigenvalue weighted by molar-refractivity contribution is 0.948. The van der Waals surface area contributed by atoms with Crippen LogP contribution in [-0.2, 0) is 7.05 Å². The number of aryl methyl sites for hydroxylation is 1. The third-order valence-corrected chi connectivity index (χ3v) is 2.88. The first-order valence-corrected chi connectivity index (χ1v) is 5.38. The Morgan fingerprint density at radius 2 is 1.88 bits per heavy atom. The summed E-state index contributed by atoms with van der Waals surface area (Å²) >= 11 is 0. The molecule has 0 spiro atoms. The summed E-state index contributed by atoms with van der Waals surface area (Å²) in [7, 11) is 1.98. The van der Waals surface area contributed by atoms with E-state index in [1.165, 1.54) is 0 Å². The predicted octanol–water partition coefficient (Wildman–Crippen LogP) is 2.22. The standard InChI is InChI=1S/C13H12N4/c1-17-8-16-12-9(4-2-6-11(12)17)10-5-3-7-15-13(10)14/h2-8H,1H3,(H2,14,15). The molecule has 0 atom stereocenters. The van der Waals surface area contributed by atoms with E-state index in [2.05, 4.69) is 9.97 Å². The highest BCUT2D eigenvalue weighted by atomic mass is 15.0. The number of nitrogen functional groups attached to an aromatic ring is 1. The van der Waals surface area contributed by atoms with Crippen LogP contribution in [0.4, 0.5) is 5.82 Å². The van der Waals surface area contributed by atoms with Crippen molar-refractivity contribution in [3.05, 3.63) is 42.9 Å².